The van der Waals surface area contributed by atoms with Gasteiger partial charge in [-0.3, -0.25) is 9.69 Å². The van der Waals surface area contributed by atoms with Crippen LogP contribution < -0.4 is 5.32 Å². The van der Waals surface area contributed by atoms with Crippen molar-refractivity contribution in [3.8, 4) is 0 Å². The van der Waals surface area contributed by atoms with Gasteiger partial charge in [0.15, 0.2) is 11.6 Å². The molecule has 2 aromatic rings. The number of carbonyl (C=O) groups excluding carboxylic acids is 1. The third kappa shape index (κ3) is 2.89. The van der Waals surface area contributed by atoms with Gasteiger partial charge in [-0.15, -0.1) is 0 Å². The molecule has 7 nitrogen and oxygen atoms in total. The molecule has 1 amide bonds. The minimum Gasteiger partial charge on any atom is -0.465 e. The molecule has 2 bridgehead atoms. The number of rotatable bonds is 5. The van der Waals surface area contributed by atoms with Crippen LogP contribution in [0.1, 0.15) is 40.7 Å². The second-order valence-corrected chi connectivity index (χ2v) is 8.17. The van der Waals surface area contributed by atoms with Crippen molar-refractivity contribution in [2.45, 2.75) is 44.9 Å². The lowest BCUT2D eigenvalue weighted by Gasteiger charge is -2.29. The van der Waals surface area contributed by atoms with Crippen LogP contribution in [0.3, 0.4) is 0 Å². The van der Waals surface area contributed by atoms with E-state index in [2.05, 4.69) is 21.3 Å². The first-order valence-corrected chi connectivity index (χ1v) is 9.68. The van der Waals surface area contributed by atoms with E-state index in [1.165, 1.54) is 6.26 Å². The molecule has 2 aromatic heterocycles. The van der Waals surface area contributed by atoms with E-state index < -0.39 is 0 Å². The highest BCUT2D eigenvalue weighted by molar-refractivity contribution is 5.91. The van der Waals surface area contributed by atoms with Crippen molar-refractivity contribution in [2.75, 3.05) is 19.6 Å². The fourth-order valence-electron chi connectivity index (χ4n) is 5.24. The number of aromatic nitrogens is 1. The molecule has 3 aliphatic heterocycles. The van der Waals surface area contributed by atoms with Crippen LogP contribution in [-0.2, 0) is 11.3 Å². The van der Waals surface area contributed by atoms with Gasteiger partial charge in [-0.1, -0.05) is 0 Å². The Balaban J connectivity index is 1.24. The maximum Gasteiger partial charge on any atom is 0.273 e. The number of hydrogen-bond acceptors (Lipinski definition) is 6. The number of amides is 1. The minimum absolute atomic E-state index is 0.0494. The highest BCUT2D eigenvalue weighted by Gasteiger charge is 2.62. The summed E-state index contributed by atoms with van der Waals surface area (Å²) >= 11 is 0. The number of fused-ring (bicyclic) bond motifs is 1. The van der Waals surface area contributed by atoms with E-state index in [0.717, 1.165) is 44.0 Å². The third-order valence-electron chi connectivity index (χ3n) is 6.38. The first-order valence-electron chi connectivity index (χ1n) is 9.68. The lowest BCUT2D eigenvalue weighted by molar-refractivity contribution is 0.00166. The Labute approximate surface area is 158 Å². The fourth-order valence-corrected chi connectivity index (χ4v) is 5.24. The smallest absolute Gasteiger partial charge is 0.273 e. The number of aryl methyl sites for hydroxylation is 2. The molecule has 3 fully saturated rings. The summed E-state index contributed by atoms with van der Waals surface area (Å²) in [6.07, 6.45) is 3.85. The van der Waals surface area contributed by atoms with E-state index in [1.807, 2.05) is 13.0 Å². The molecule has 3 saturated heterocycles. The van der Waals surface area contributed by atoms with Gasteiger partial charge < -0.3 is 18.9 Å². The van der Waals surface area contributed by atoms with Crippen molar-refractivity contribution in [1.82, 2.24) is 15.2 Å². The van der Waals surface area contributed by atoms with Crippen LogP contribution in [0.15, 0.2) is 27.2 Å². The normalized spacial score (nSPS) is 32.1. The second kappa shape index (κ2) is 6.21. The lowest BCUT2D eigenvalue weighted by Crippen LogP contribution is -2.42. The van der Waals surface area contributed by atoms with Crippen molar-refractivity contribution >= 4 is 5.91 Å². The van der Waals surface area contributed by atoms with Crippen LogP contribution in [-0.4, -0.2) is 47.1 Å². The van der Waals surface area contributed by atoms with Gasteiger partial charge in [0.1, 0.15) is 17.8 Å². The summed E-state index contributed by atoms with van der Waals surface area (Å²) in [5, 5.41) is 3.04. The monoisotopic (exact) mass is 371 g/mol. The number of nitrogens with one attached hydrogen (secondary N) is 1. The number of furan rings is 1. The van der Waals surface area contributed by atoms with Crippen LogP contribution in [0.25, 0.3) is 0 Å². The van der Waals surface area contributed by atoms with Gasteiger partial charge in [0, 0.05) is 38.4 Å². The summed E-state index contributed by atoms with van der Waals surface area (Å²) in [5.74, 6) is 3.07. The molecule has 1 spiro atoms. The van der Waals surface area contributed by atoms with Gasteiger partial charge in [0.25, 0.3) is 5.91 Å². The van der Waals surface area contributed by atoms with E-state index in [1.54, 1.807) is 6.92 Å². The first-order chi connectivity index (χ1) is 13.0. The number of carbonyl (C=O) groups is 1. The van der Waals surface area contributed by atoms with Crippen molar-refractivity contribution in [3.63, 3.8) is 0 Å². The molecule has 144 valence electrons. The Morgan fingerprint density at radius 3 is 3.04 bits per heavy atom. The number of likely N-dealkylation sites (tertiary alicyclic amines) is 1. The van der Waals surface area contributed by atoms with Crippen molar-refractivity contribution in [2.24, 2.45) is 11.8 Å². The summed E-state index contributed by atoms with van der Waals surface area (Å²) in [5.41, 5.74) is 0.291. The Kier molecular flexibility index (Phi) is 3.91. The number of oxazole rings is 1. The molecule has 0 saturated carbocycles. The molecule has 1 N–H and O–H groups in total. The van der Waals surface area contributed by atoms with Crippen LogP contribution in [0.5, 0.6) is 0 Å². The Hall–Kier alpha value is -2.12. The van der Waals surface area contributed by atoms with Crippen LogP contribution >= 0.6 is 0 Å². The molecule has 3 aliphatic rings. The highest BCUT2D eigenvalue weighted by atomic mass is 16.5. The zero-order valence-corrected chi connectivity index (χ0v) is 15.7. The maximum atomic E-state index is 12.3. The van der Waals surface area contributed by atoms with Gasteiger partial charge in [0.05, 0.1) is 18.2 Å². The number of ether oxygens (including phenoxy) is 1. The molecule has 0 aliphatic carbocycles. The summed E-state index contributed by atoms with van der Waals surface area (Å²) < 4.78 is 17.3. The zero-order chi connectivity index (χ0) is 18.6. The van der Waals surface area contributed by atoms with E-state index in [9.17, 15) is 4.79 Å². The lowest BCUT2D eigenvalue weighted by atomic mass is 9.73. The third-order valence-corrected chi connectivity index (χ3v) is 6.38. The Bertz CT molecular complexity index is 859. The van der Waals surface area contributed by atoms with Gasteiger partial charge in [-0.2, -0.15) is 0 Å². The summed E-state index contributed by atoms with van der Waals surface area (Å²) in [4.78, 5) is 18.9. The number of hydrogen-bond donors (Lipinski definition) is 1. The predicted octanol–water partition coefficient (Wildman–Crippen LogP) is 2.29. The number of nitrogens with zero attached hydrogens (tertiary/aromatic N) is 2. The predicted molar refractivity (Wildman–Crippen MR) is 96.1 cm³/mol. The summed E-state index contributed by atoms with van der Waals surface area (Å²) in [6, 6.07) is 4.06. The van der Waals surface area contributed by atoms with Crippen molar-refractivity contribution in [3.05, 3.63) is 41.5 Å². The van der Waals surface area contributed by atoms with Gasteiger partial charge in [-0.05, 0) is 31.9 Å². The SMILES string of the molecule is Cc1ccc(CN2C[C@@H]3[C@H](CNC(=O)c4coc(C)n4)[C@H]4CC[C@]3(C2)O4)o1. The maximum absolute atomic E-state index is 12.3. The van der Waals surface area contributed by atoms with Crippen LogP contribution in [0, 0.1) is 25.7 Å². The largest absolute Gasteiger partial charge is 0.465 e. The van der Waals surface area contributed by atoms with E-state index in [-0.39, 0.29) is 17.6 Å². The molecule has 0 radical (unpaired) electrons. The fraction of sp³-hybridized carbons (Fsp3) is 0.600. The van der Waals surface area contributed by atoms with Crippen LogP contribution in [0.2, 0.25) is 0 Å². The van der Waals surface area contributed by atoms with Gasteiger partial charge >= 0.3 is 0 Å². The summed E-state index contributed by atoms with van der Waals surface area (Å²) in [6.45, 7) is 7.08. The van der Waals surface area contributed by atoms with Crippen LogP contribution in [0.4, 0.5) is 0 Å². The molecular formula is C20H25N3O4. The summed E-state index contributed by atoms with van der Waals surface area (Å²) in [7, 11) is 0. The average Bonchev–Trinajstić information content (AvgIpc) is 3.41. The van der Waals surface area contributed by atoms with Gasteiger partial charge in [-0.25, -0.2) is 4.98 Å². The molecule has 5 heterocycles. The average molecular weight is 371 g/mol. The topological polar surface area (TPSA) is 80.7 Å². The zero-order valence-electron chi connectivity index (χ0n) is 15.7. The second-order valence-electron chi connectivity index (χ2n) is 8.17. The Morgan fingerprint density at radius 1 is 1.41 bits per heavy atom. The molecule has 7 heteroatoms. The van der Waals surface area contributed by atoms with Crippen molar-refractivity contribution in [1.29, 1.82) is 0 Å². The molecule has 5 rings (SSSR count). The molecule has 0 aromatic carbocycles. The minimum atomic E-state index is -0.176. The molecule has 27 heavy (non-hydrogen) atoms. The molecular weight excluding hydrogens is 346 g/mol. The van der Waals surface area contributed by atoms with E-state index in [0.29, 0.717) is 30.0 Å². The highest BCUT2D eigenvalue weighted by Crippen LogP contribution is 2.54. The quantitative estimate of drug-likeness (QED) is 0.869. The molecule has 4 atom stereocenters. The van der Waals surface area contributed by atoms with Crippen molar-refractivity contribution < 1.29 is 18.4 Å². The molecule has 0 unspecified atom stereocenters. The first kappa shape index (κ1) is 17.0. The van der Waals surface area contributed by atoms with E-state index in [4.69, 9.17) is 13.6 Å². The van der Waals surface area contributed by atoms with E-state index >= 15 is 0 Å². The standard InChI is InChI=1S/C20H25N3O4/c1-12-3-4-14(26-12)8-23-9-16-15(18-5-6-20(16,11-23)27-18)7-21-19(24)17-10-25-13(2)22-17/h3-4,10,15-16,18H,5-9,11H2,1-2H3,(H,21,24)/t15-,16+,18+,20+/m0/s1. The Morgan fingerprint density at radius 2 is 2.30 bits per heavy atom. The van der Waals surface area contributed by atoms with Gasteiger partial charge in [0.2, 0.25) is 0 Å².